The third kappa shape index (κ3) is 1.90. The first-order valence-electron chi connectivity index (χ1n) is 6.56. The summed E-state index contributed by atoms with van der Waals surface area (Å²) in [5, 5.41) is 14.0. The summed E-state index contributed by atoms with van der Waals surface area (Å²) in [5.41, 5.74) is 0.577. The monoisotopic (exact) mass is 276 g/mol. The van der Waals surface area contributed by atoms with Gasteiger partial charge in [-0.1, -0.05) is 5.16 Å². The first kappa shape index (κ1) is 12.8. The Morgan fingerprint density at radius 3 is 2.75 bits per heavy atom. The molecule has 7 heteroatoms. The second kappa shape index (κ2) is 4.43. The van der Waals surface area contributed by atoms with E-state index in [1.54, 1.807) is 6.92 Å². The van der Waals surface area contributed by atoms with Crippen molar-refractivity contribution in [2.24, 2.45) is 5.41 Å². The summed E-state index contributed by atoms with van der Waals surface area (Å²) >= 11 is 0. The molecular formula is C13H16N4O3. The normalized spacial score (nSPS) is 18.4. The number of nitrogens with zero attached hydrogens (tertiary/aromatic N) is 4. The Bertz CT molecular complexity index is 659. The Labute approximate surface area is 115 Å². The molecule has 0 radical (unpaired) electrons. The number of fused-ring (bicyclic) bond motifs is 1. The largest absolute Gasteiger partial charge is 0.481 e. The second-order valence-electron chi connectivity index (χ2n) is 5.50. The van der Waals surface area contributed by atoms with Crippen LogP contribution in [-0.4, -0.2) is 39.3 Å². The number of piperidine rings is 1. The molecule has 3 heterocycles. The van der Waals surface area contributed by atoms with Crippen molar-refractivity contribution in [2.75, 3.05) is 18.0 Å². The summed E-state index contributed by atoms with van der Waals surface area (Å²) in [6.45, 7) is 4.95. The van der Waals surface area contributed by atoms with Crippen LogP contribution in [0.25, 0.3) is 11.1 Å². The van der Waals surface area contributed by atoms with Crippen LogP contribution in [0.2, 0.25) is 0 Å². The lowest BCUT2D eigenvalue weighted by atomic mass is 9.80. The molecule has 0 aromatic carbocycles. The Hall–Kier alpha value is -2.18. The molecule has 0 atom stereocenters. The van der Waals surface area contributed by atoms with E-state index in [1.165, 1.54) is 6.33 Å². The van der Waals surface area contributed by atoms with Gasteiger partial charge in [0.2, 0.25) is 0 Å². The van der Waals surface area contributed by atoms with Gasteiger partial charge in [0.05, 0.1) is 11.1 Å². The van der Waals surface area contributed by atoms with Crippen molar-refractivity contribution in [1.29, 1.82) is 0 Å². The molecule has 0 bridgehead atoms. The highest BCUT2D eigenvalue weighted by Gasteiger charge is 2.37. The van der Waals surface area contributed by atoms with E-state index in [4.69, 9.17) is 4.52 Å². The third-order valence-electron chi connectivity index (χ3n) is 4.11. The van der Waals surface area contributed by atoms with E-state index in [0.29, 0.717) is 31.6 Å². The zero-order valence-corrected chi connectivity index (χ0v) is 11.5. The predicted molar refractivity (Wildman–Crippen MR) is 71.5 cm³/mol. The van der Waals surface area contributed by atoms with Crippen LogP contribution in [0.1, 0.15) is 25.5 Å². The molecule has 1 aliphatic rings. The van der Waals surface area contributed by atoms with Crippen LogP contribution in [0.5, 0.6) is 0 Å². The number of anilines is 1. The molecule has 2 aromatic rings. The van der Waals surface area contributed by atoms with Crippen molar-refractivity contribution >= 4 is 22.9 Å². The van der Waals surface area contributed by atoms with E-state index in [-0.39, 0.29) is 0 Å². The van der Waals surface area contributed by atoms with Crippen molar-refractivity contribution in [2.45, 2.75) is 26.7 Å². The summed E-state index contributed by atoms with van der Waals surface area (Å²) in [6, 6.07) is 0. The van der Waals surface area contributed by atoms with Crippen LogP contribution in [-0.2, 0) is 4.79 Å². The van der Waals surface area contributed by atoms with Gasteiger partial charge < -0.3 is 14.5 Å². The molecule has 3 rings (SSSR count). The molecule has 7 nitrogen and oxygen atoms in total. The van der Waals surface area contributed by atoms with Gasteiger partial charge in [-0.3, -0.25) is 4.79 Å². The molecule has 1 saturated heterocycles. The van der Waals surface area contributed by atoms with E-state index >= 15 is 0 Å². The fourth-order valence-corrected chi connectivity index (χ4v) is 2.57. The summed E-state index contributed by atoms with van der Waals surface area (Å²) in [7, 11) is 0. The number of aliphatic carboxylic acids is 1. The minimum atomic E-state index is -0.730. The molecule has 0 unspecified atom stereocenters. The van der Waals surface area contributed by atoms with Gasteiger partial charge in [-0.15, -0.1) is 0 Å². The molecule has 1 fully saturated rings. The number of carbonyl (C=O) groups is 1. The predicted octanol–water partition coefficient (Wildman–Crippen LogP) is 1.62. The van der Waals surface area contributed by atoms with Gasteiger partial charge in [-0.2, -0.15) is 4.98 Å². The molecule has 1 aliphatic heterocycles. The average molecular weight is 276 g/mol. The minimum absolute atomic E-state index is 0.471. The number of rotatable bonds is 2. The van der Waals surface area contributed by atoms with Crippen LogP contribution in [0.3, 0.4) is 0 Å². The summed E-state index contributed by atoms with van der Waals surface area (Å²) in [4.78, 5) is 21.7. The fraction of sp³-hybridized carbons (Fsp3) is 0.538. The van der Waals surface area contributed by atoms with E-state index in [2.05, 4.69) is 20.0 Å². The van der Waals surface area contributed by atoms with Crippen molar-refractivity contribution in [1.82, 2.24) is 15.1 Å². The van der Waals surface area contributed by atoms with E-state index < -0.39 is 11.4 Å². The van der Waals surface area contributed by atoms with Crippen LogP contribution < -0.4 is 4.90 Å². The first-order chi connectivity index (χ1) is 9.51. The van der Waals surface area contributed by atoms with Crippen molar-refractivity contribution in [3.63, 3.8) is 0 Å². The van der Waals surface area contributed by atoms with Gasteiger partial charge in [-0.25, -0.2) is 4.98 Å². The SMILES string of the molecule is Cc1noc2ncnc(N3CCC(C)(C(=O)O)CC3)c12. The number of carboxylic acids is 1. The van der Waals surface area contributed by atoms with E-state index in [0.717, 1.165) is 16.9 Å². The highest BCUT2D eigenvalue weighted by Crippen LogP contribution is 2.35. The Kier molecular flexibility index (Phi) is 2.84. The number of hydrogen-bond donors (Lipinski definition) is 1. The lowest BCUT2D eigenvalue weighted by Gasteiger charge is -2.37. The Morgan fingerprint density at radius 2 is 2.10 bits per heavy atom. The zero-order valence-electron chi connectivity index (χ0n) is 11.5. The molecule has 0 spiro atoms. The Balaban J connectivity index is 1.91. The van der Waals surface area contributed by atoms with Gasteiger partial charge in [0.25, 0.3) is 5.71 Å². The molecule has 0 saturated carbocycles. The summed E-state index contributed by atoms with van der Waals surface area (Å²) < 4.78 is 5.14. The quantitative estimate of drug-likeness (QED) is 0.890. The number of hydrogen-bond acceptors (Lipinski definition) is 6. The zero-order chi connectivity index (χ0) is 14.3. The van der Waals surface area contributed by atoms with Crippen molar-refractivity contribution in [3.05, 3.63) is 12.0 Å². The van der Waals surface area contributed by atoms with E-state index in [1.807, 2.05) is 6.92 Å². The van der Waals surface area contributed by atoms with Gasteiger partial charge in [0.15, 0.2) is 0 Å². The molecule has 0 aliphatic carbocycles. The molecular weight excluding hydrogens is 260 g/mol. The highest BCUT2D eigenvalue weighted by atomic mass is 16.5. The van der Waals surface area contributed by atoms with E-state index in [9.17, 15) is 9.90 Å². The summed E-state index contributed by atoms with van der Waals surface area (Å²) in [6.07, 6.45) is 2.64. The first-order valence-corrected chi connectivity index (χ1v) is 6.56. The van der Waals surface area contributed by atoms with Gasteiger partial charge in [0, 0.05) is 13.1 Å². The van der Waals surface area contributed by atoms with Crippen LogP contribution >= 0.6 is 0 Å². The van der Waals surface area contributed by atoms with Gasteiger partial charge >= 0.3 is 5.97 Å². The molecule has 106 valence electrons. The van der Waals surface area contributed by atoms with Crippen LogP contribution in [0, 0.1) is 12.3 Å². The number of carboxylic acid groups (broad SMARTS) is 1. The maximum Gasteiger partial charge on any atom is 0.309 e. The standard InChI is InChI=1S/C13H16N4O3/c1-8-9-10(14-7-15-11(9)20-16-8)17-5-3-13(2,4-6-17)12(18)19/h7H,3-6H2,1-2H3,(H,18,19). The second-order valence-corrected chi connectivity index (χ2v) is 5.50. The van der Waals surface area contributed by atoms with Gasteiger partial charge in [0.1, 0.15) is 17.5 Å². The highest BCUT2D eigenvalue weighted by molar-refractivity contribution is 5.88. The van der Waals surface area contributed by atoms with Crippen LogP contribution in [0.4, 0.5) is 5.82 Å². The van der Waals surface area contributed by atoms with Gasteiger partial charge in [-0.05, 0) is 26.7 Å². The smallest absolute Gasteiger partial charge is 0.309 e. The molecule has 0 amide bonds. The van der Waals surface area contributed by atoms with Crippen molar-refractivity contribution in [3.8, 4) is 0 Å². The van der Waals surface area contributed by atoms with Crippen molar-refractivity contribution < 1.29 is 14.4 Å². The molecule has 20 heavy (non-hydrogen) atoms. The Morgan fingerprint density at radius 1 is 1.40 bits per heavy atom. The number of aromatic nitrogens is 3. The average Bonchev–Trinajstić information content (AvgIpc) is 2.82. The maximum atomic E-state index is 11.3. The third-order valence-corrected chi connectivity index (χ3v) is 4.11. The lowest BCUT2D eigenvalue weighted by molar-refractivity contribution is -0.149. The maximum absolute atomic E-state index is 11.3. The van der Waals surface area contributed by atoms with Crippen LogP contribution in [0.15, 0.2) is 10.9 Å². The number of aryl methyl sites for hydroxylation is 1. The topological polar surface area (TPSA) is 92.4 Å². The lowest BCUT2D eigenvalue weighted by Crippen LogP contribution is -2.43. The fourth-order valence-electron chi connectivity index (χ4n) is 2.57. The minimum Gasteiger partial charge on any atom is -0.481 e. The summed E-state index contributed by atoms with van der Waals surface area (Å²) in [5.74, 6) is 0.0485. The molecule has 1 N–H and O–H groups in total. The molecule has 2 aromatic heterocycles.